The fraction of sp³-hybridized carbons (Fsp3) is 0.125. The van der Waals surface area contributed by atoms with Gasteiger partial charge in [-0.1, -0.05) is 11.6 Å². The SMILES string of the molecule is CC(=O)Nc1ccc(Cl)cc1C(F)(F)C(=O)NNC(=O)c1ccncc1. The van der Waals surface area contributed by atoms with E-state index in [1.54, 1.807) is 5.43 Å². The lowest BCUT2D eigenvalue weighted by molar-refractivity contribution is -0.147. The standard InChI is InChI=1S/C16H13ClF2N4O3/c1-9(24)21-13-3-2-11(17)8-12(13)16(18,19)15(26)23-22-14(25)10-4-6-20-7-5-10/h2-8H,1H3,(H,21,24)(H,22,25)(H,23,26). The highest BCUT2D eigenvalue weighted by atomic mass is 35.5. The van der Waals surface area contributed by atoms with Crippen molar-refractivity contribution < 1.29 is 23.2 Å². The van der Waals surface area contributed by atoms with E-state index in [0.29, 0.717) is 0 Å². The highest BCUT2D eigenvalue weighted by Gasteiger charge is 2.43. The van der Waals surface area contributed by atoms with E-state index in [1.807, 2.05) is 5.43 Å². The first kappa shape index (κ1) is 19.3. The van der Waals surface area contributed by atoms with E-state index in [-0.39, 0.29) is 16.3 Å². The smallest absolute Gasteiger partial charge is 0.326 e. The predicted molar refractivity (Wildman–Crippen MR) is 89.5 cm³/mol. The van der Waals surface area contributed by atoms with Crippen LogP contribution in [0, 0.1) is 0 Å². The molecule has 0 unspecified atom stereocenters. The number of aromatic nitrogens is 1. The van der Waals surface area contributed by atoms with Gasteiger partial charge in [-0.15, -0.1) is 0 Å². The number of hydrogen-bond donors (Lipinski definition) is 3. The number of hydrazine groups is 1. The minimum absolute atomic E-state index is 0.0533. The van der Waals surface area contributed by atoms with Gasteiger partial charge in [0.2, 0.25) is 5.91 Å². The maximum atomic E-state index is 14.5. The van der Waals surface area contributed by atoms with E-state index >= 15 is 0 Å². The molecule has 10 heteroatoms. The lowest BCUT2D eigenvalue weighted by Gasteiger charge is -2.20. The minimum atomic E-state index is -4.08. The lowest BCUT2D eigenvalue weighted by atomic mass is 10.1. The highest BCUT2D eigenvalue weighted by Crippen LogP contribution is 2.35. The summed E-state index contributed by atoms with van der Waals surface area (Å²) in [6.07, 6.45) is 2.66. The third-order valence-corrected chi connectivity index (χ3v) is 3.38. The second-order valence-corrected chi connectivity index (χ2v) is 5.53. The number of carbonyl (C=O) groups is 3. The Hall–Kier alpha value is -3.07. The molecule has 7 nitrogen and oxygen atoms in total. The number of nitrogens with zero attached hydrogens (tertiary/aromatic N) is 1. The van der Waals surface area contributed by atoms with Gasteiger partial charge in [0, 0.05) is 29.9 Å². The fourth-order valence-corrected chi connectivity index (χ4v) is 2.14. The molecule has 0 atom stereocenters. The van der Waals surface area contributed by atoms with E-state index in [1.165, 1.54) is 30.6 Å². The van der Waals surface area contributed by atoms with Crippen LogP contribution in [0.15, 0.2) is 42.7 Å². The van der Waals surface area contributed by atoms with Crippen molar-refractivity contribution in [2.75, 3.05) is 5.32 Å². The molecule has 1 heterocycles. The second-order valence-electron chi connectivity index (χ2n) is 5.09. The highest BCUT2D eigenvalue weighted by molar-refractivity contribution is 6.30. The zero-order valence-electron chi connectivity index (χ0n) is 13.3. The van der Waals surface area contributed by atoms with Gasteiger partial charge in [0.15, 0.2) is 0 Å². The molecule has 0 saturated carbocycles. The minimum Gasteiger partial charge on any atom is -0.326 e. The van der Waals surface area contributed by atoms with Crippen LogP contribution in [0.25, 0.3) is 0 Å². The zero-order valence-corrected chi connectivity index (χ0v) is 14.1. The summed E-state index contributed by atoms with van der Waals surface area (Å²) in [5.74, 6) is -7.27. The molecule has 0 radical (unpaired) electrons. The number of benzene rings is 1. The van der Waals surface area contributed by atoms with Gasteiger partial charge in [0.1, 0.15) is 0 Å². The van der Waals surface area contributed by atoms with Gasteiger partial charge in [-0.3, -0.25) is 30.2 Å². The molecule has 0 spiro atoms. The molecule has 0 aliphatic heterocycles. The molecular formula is C16H13ClF2N4O3. The van der Waals surface area contributed by atoms with Crippen LogP contribution in [-0.2, 0) is 15.5 Å². The van der Waals surface area contributed by atoms with Gasteiger partial charge in [-0.25, -0.2) is 0 Å². The van der Waals surface area contributed by atoms with Crippen LogP contribution in [0.4, 0.5) is 14.5 Å². The Bertz CT molecular complexity index is 847. The topological polar surface area (TPSA) is 100 Å². The summed E-state index contributed by atoms with van der Waals surface area (Å²) >= 11 is 5.72. The van der Waals surface area contributed by atoms with E-state index < -0.39 is 29.2 Å². The van der Waals surface area contributed by atoms with Crippen molar-refractivity contribution in [2.24, 2.45) is 0 Å². The summed E-state index contributed by atoms with van der Waals surface area (Å²) in [4.78, 5) is 38.6. The third-order valence-electron chi connectivity index (χ3n) is 3.15. The average molecular weight is 383 g/mol. The number of pyridine rings is 1. The molecule has 0 aliphatic carbocycles. The molecular weight excluding hydrogens is 370 g/mol. The van der Waals surface area contributed by atoms with Crippen LogP contribution < -0.4 is 16.2 Å². The lowest BCUT2D eigenvalue weighted by Crippen LogP contribution is -2.48. The Morgan fingerprint density at radius 2 is 1.73 bits per heavy atom. The Morgan fingerprint density at radius 3 is 2.35 bits per heavy atom. The van der Waals surface area contributed by atoms with E-state index in [0.717, 1.165) is 19.1 Å². The van der Waals surface area contributed by atoms with Crippen molar-refractivity contribution in [3.8, 4) is 0 Å². The van der Waals surface area contributed by atoms with E-state index in [2.05, 4.69) is 10.3 Å². The molecule has 2 aromatic rings. The van der Waals surface area contributed by atoms with Gasteiger partial charge in [-0.2, -0.15) is 8.78 Å². The molecule has 1 aromatic carbocycles. The Morgan fingerprint density at radius 1 is 1.08 bits per heavy atom. The molecule has 0 bridgehead atoms. The van der Waals surface area contributed by atoms with Crippen LogP contribution in [0.5, 0.6) is 0 Å². The van der Waals surface area contributed by atoms with E-state index in [9.17, 15) is 23.2 Å². The largest absolute Gasteiger partial charge is 0.353 e. The Balaban J connectivity index is 2.18. The number of carbonyl (C=O) groups excluding carboxylic acids is 3. The number of amides is 3. The van der Waals surface area contributed by atoms with Gasteiger partial charge in [-0.05, 0) is 30.3 Å². The van der Waals surface area contributed by atoms with Crippen LogP contribution in [0.1, 0.15) is 22.8 Å². The first-order valence-electron chi connectivity index (χ1n) is 7.18. The summed E-state index contributed by atoms with van der Waals surface area (Å²) in [6, 6.07) is 5.97. The normalized spacial score (nSPS) is 10.8. The maximum Gasteiger partial charge on any atom is 0.353 e. The molecule has 0 aliphatic rings. The number of rotatable bonds is 4. The van der Waals surface area contributed by atoms with Crippen LogP contribution in [0.3, 0.4) is 0 Å². The Kier molecular flexibility index (Phi) is 5.83. The van der Waals surface area contributed by atoms with Gasteiger partial charge in [0.25, 0.3) is 5.91 Å². The molecule has 3 amide bonds. The quantitative estimate of drug-likeness (QED) is 0.706. The molecule has 26 heavy (non-hydrogen) atoms. The van der Waals surface area contributed by atoms with Crippen molar-refractivity contribution in [2.45, 2.75) is 12.8 Å². The Labute approximate surface area is 151 Å². The van der Waals surface area contributed by atoms with Crippen molar-refractivity contribution in [3.63, 3.8) is 0 Å². The molecule has 136 valence electrons. The van der Waals surface area contributed by atoms with Crippen molar-refractivity contribution in [1.29, 1.82) is 0 Å². The number of nitrogens with one attached hydrogen (secondary N) is 3. The summed E-state index contributed by atoms with van der Waals surface area (Å²) in [5.41, 5.74) is 2.57. The van der Waals surface area contributed by atoms with Gasteiger partial charge < -0.3 is 5.32 Å². The van der Waals surface area contributed by atoms with E-state index in [4.69, 9.17) is 11.6 Å². The summed E-state index contributed by atoms with van der Waals surface area (Å²) in [7, 11) is 0. The van der Waals surface area contributed by atoms with Gasteiger partial charge >= 0.3 is 11.8 Å². The van der Waals surface area contributed by atoms with Crippen LogP contribution in [-0.4, -0.2) is 22.7 Å². The maximum absolute atomic E-state index is 14.5. The average Bonchev–Trinajstić information content (AvgIpc) is 2.61. The first-order chi connectivity index (χ1) is 12.2. The third kappa shape index (κ3) is 4.51. The fourth-order valence-electron chi connectivity index (χ4n) is 1.96. The molecule has 0 fully saturated rings. The molecule has 1 aromatic heterocycles. The predicted octanol–water partition coefficient (Wildman–Crippen LogP) is 2.25. The number of alkyl halides is 2. The zero-order chi connectivity index (χ0) is 19.3. The number of halogens is 3. The number of hydrogen-bond acceptors (Lipinski definition) is 4. The summed E-state index contributed by atoms with van der Waals surface area (Å²) in [6.45, 7) is 1.13. The number of anilines is 1. The summed E-state index contributed by atoms with van der Waals surface area (Å²) in [5, 5.41) is 2.15. The second kappa shape index (κ2) is 7.87. The van der Waals surface area contributed by atoms with Gasteiger partial charge in [0.05, 0.1) is 11.3 Å². The molecule has 3 N–H and O–H groups in total. The van der Waals surface area contributed by atoms with Crippen molar-refractivity contribution >= 4 is 35.0 Å². The van der Waals surface area contributed by atoms with Crippen molar-refractivity contribution in [1.82, 2.24) is 15.8 Å². The van der Waals surface area contributed by atoms with Crippen LogP contribution >= 0.6 is 11.6 Å². The van der Waals surface area contributed by atoms with Crippen LogP contribution in [0.2, 0.25) is 5.02 Å². The van der Waals surface area contributed by atoms with Crippen molar-refractivity contribution in [3.05, 3.63) is 58.9 Å². The molecule has 0 saturated heterocycles. The summed E-state index contributed by atoms with van der Waals surface area (Å²) < 4.78 is 29.0. The molecule has 2 rings (SSSR count). The first-order valence-corrected chi connectivity index (χ1v) is 7.56. The monoisotopic (exact) mass is 382 g/mol.